The summed E-state index contributed by atoms with van der Waals surface area (Å²) in [7, 11) is -3.04. The summed E-state index contributed by atoms with van der Waals surface area (Å²) >= 11 is 2.28. The van der Waals surface area contributed by atoms with Crippen LogP contribution in [-0.4, -0.2) is 38.6 Å². The molecule has 1 heterocycles. The number of nitrogens with one attached hydrogen (secondary N) is 1. The van der Waals surface area contributed by atoms with E-state index in [4.69, 9.17) is 0 Å². The Bertz CT molecular complexity index is 516. The molecule has 1 atom stereocenters. The molecule has 6 heteroatoms. The summed E-state index contributed by atoms with van der Waals surface area (Å²) in [4.78, 5) is 0. The Balaban J connectivity index is 1.87. The number of benzene rings is 1. The van der Waals surface area contributed by atoms with Crippen LogP contribution in [0, 0.1) is 9.49 Å². The highest BCUT2D eigenvalue weighted by Crippen LogP contribution is 2.19. The minimum atomic E-state index is -3.04. The van der Waals surface area contributed by atoms with E-state index in [0.717, 1.165) is 25.1 Å². The molecule has 0 bridgehead atoms. The molecule has 0 spiro atoms. The van der Waals surface area contributed by atoms with E-state index in [1.54, 1.807) is 4.31 Å². The van der Waals surface area contributed by atoms with Crippen molar-refractivity contribution in [1.82, 2.24) is 4.31 Å². The zero-order valence-electron chi connectivity index (χ0n) is 11.0. The first-order chi connectivity index (χ1) is 8.95. The van der Waals surface area contributed by atoms with Gasteiger partial charge in [-0.25, -0.2) is 12.7 Å². The number of halogens is 1. The van der Waals surface area contributed by atoms with Crippen molar-refractivity contribution in [2.45, 2.75) is 12.8 Å². The molecular weight excluding hydrogens is 375 g/mol. The van der Waals surface area contributed by atoms with Crippen LogP contribution in [0.3, 0.4) is 0 Å². The number of anilines is 1. The van der Waals surface area contributed by atoms with Crippen molar-refractivity contribution in [3.8, 4) is 0 Å². The molecule has 106 valence electrons. The van der Waals surface area contributed by atoms with Crippen molar-refractivity contribution < 1.29 is 8.42 Å². The number of hydrogen-bond donors (Lipinski definition) is 1. The number of sulfonamides is 1. The van der Waals surface area contributed by atoms with Gasteiger partial charge in [0.1, 0.15) is 0 Å². The van der Waals surface area contributed by atoms with Crippen molar-refractivity contribution in [2.75, 3.05) is 31.2 Å². The Morgan fingerprint density at radius 2 is 2.05 bits per heavy atom. The van der Waals surface area contributed by atoms with E-state index in [1.165, 1.54) is 9.83 Å². The fourth-order valence-electron chi connectivity index (χ4n) is 2.32. The number of rotatable bonds is 4. The molecule has 1 saturated heterocycles. The predicted octanol–water partition coefficient (Wildman–Crippen LogP) is 2.37. The van der Waals surface area contributed by atoms with Gasteiger partial charge in [-0.15, -0.1) is 0 Å². The molecule has 1 aliphatic heterocycles. The molecule has 4 nitrogen and oxygen atoms in total. The molecule has 0 aromatic heterocycles. The quantitative estimate of drug-likeness (QED) is 0.798. The van der Waals surface area contributed by atoms with Crippen LogP contribution in [0.1, 0.15) is 12.8 Å². The summed E-state index contributed by atoms with van der Waals surface area (Å²) in [5.74, 6) is 0.391. The number of piperidine rings is 1. The van der Waals surface area contributed by atoms with Crippen LogP contribution in [-0.2, 0) is 10.0 Å². The average Bonchev–Trinajstić information content (AvgIpc) is 2.37. The first-order valence-corrected chi connectivity index (χ1v) is 9.32. The smallest absolute Gasteiger partial charge is 0.211 e. The molecule has 0 radical (unpaired) electrons. The van der Waals surface area contributed by atoms with E-state index in [0.29, 0.717) is 19.0 Å². The van der Waals surface area contributed by atoms with Crippen molar-refractivity contribution in [1.29, 1.82) is 0 Å². The van der Waals surface area contributed by atoms with E-state index in [2.05, 4.69) is 52.2 Å². The third-order valence-electron chi connectivity index (χ3n) is 3.39. The minimum Gasteiger partial charge on any atom is -0.385 e. The zero-order valence-corrected chi connectivity index (χ0v) is 13.9. The van der Waals surface area contributed by atoms with Crippen LogP contribution in [0.15, 0.2) is 24.3 Å². The third-order valence-corrected chi connectivity index (χ3v) is 5.38. The topological polar surface area (TPSA) is 49.4 Å². The van der Waals surface area contributed by atoms with Crippen LogP contribution in [0.4, 0.5) is 5.69 Å². The maximum absolute atomic E-state index is 11.5. The number of hydrogen-bond acceptors (Lipinski definition) is 3. The van der Waals surface area contributed by atoms with E-state index in [-0.39, 0.29) is 0 Å². The lowest BCUT2D eigenvalue weighted by Crippen LogP contribution is -2.41. The molecule has 1 aliphatic rings. The first-order valence-electron chi connectivity index (χ1n) is 6.40. The van der Waals surface area contributed by atoms with Crippen LogP contribution in [0.2, 0.25) is 0 Å². The van der Waals surface area contributed by atoms with Gasteiger partial charge >= 0.3 is 0 Å². The SMILES string of the molecule is CS(=O)(=O)N1CCCC(CNc2ccc(I)cc2)C1. The van der Waals surface area contributed by atoms with Gasteiger partial charge in [-0.2, -0.15) is 0 Å². The standard InChI is InChI=1S/C13H19IN2O2S/c1-19(17,18)16-8-2-3-11(10-16)9-15-13-6-4-12(14)5-7-13/h4-7,11,15H,2-3,8-10H2,1H3. The van der Waals surface area contributed by atoms with Gasteiger partial charge in [0.2, 0.25) is 10.0 Å². The lowest BCUT2D eigenvalue weighted by molar-refractivity contribution is 0.277. The lowest BCUT2D eigenvalue weighted by Gasteiger charge is -2.31. The summed E-state index contributed by atoms with van der Waals surface area (Å²) in [5, 5.41) is 3.39. The van der Waals surface area contributed by atoms with Gasteiger partial charge in [0.05, 0.1) is 6.26 Å². The lowest BCUT2D eigenvalue weighted by atomic mass is 9.99. The fourth-order valence-corrected chi connectivity index (χ4v) is 3.63. The predicted molar refractivity (Wildman–Crippen MR) is 86.8 cm³/mol. The second-order valence-corrected chi connectivity index (χ2v) is 8.25. The molecule has 19 heavy (non-hydrogen) atoms. The van der Waals surface area contributed by atoms with Crippen molar-refractivity contribution >= 4 is 38.3 Å². The van der Waals surface area contributed by atoms with Gasteiger partial charge in [0, 0.05) is 28.9 Å². The van der Waals surface area contributed by atoms with Gasteiger partial charge in [-0.05, 0) is 65.6 Å². The van der Waals surface area contributed by atoms with Crippen LogP contribution < -0.4 is 5.32 Å². The summed E-state index contributed by atoms with van der Waals surface area (Å²) in [5.41, 5.74) is 1.09. The molecule has 1 aromatic rings. The Morgan fingerprint density at radius 1 is 1.37 bits per heavy atom. The molecular formula is C13H19IN2O2S. The highest BCUT2D eigenvalue weighted by molar-refractivity contribution is 14.1. The van der Waals surface area contributed by atoms with Gasteiger partial charge in [-0.3, -0.25) is 0 Å². The fraction of sp³-hybridized carbons (Fsp3) is 0.538. The molecule has 1 fully saturated rings. The molecule has 1 N–H and O–H groups in total. The van der Waals surface area contributed by atoms with Gasteiger partial charge in [0.25, 0.3) is 0 Å². The average molecular weight is 394 g/mol. The Kier molecular flexibility index (Phi) is 5.08. The minimum absolute atomic E-state index is 0.391. The Morgan fingerprint density at radius 3 is 2.68 bits per heavy atom. The molecule has 1 unspecified atom stereocenters. The van der Waals surface area contributed by atoms with E-state index < -0.39 is 10.0 Å². The first kappa shape index (κ1) is 15.1. The van der Waals surface area contributed by atoms with Crippen molar-refractivity contribution in [2.24, 2.45) is 5.92 Å². The second-order valence-electron chi connectivity index (χ2n) is 5.02. The highest BCUT2D eigenvalue weighted by Gasteiger charge is 2.25. The normalized spacial score (nSPS) is 21.3. The molecule has 1 aromatic carbocycles. The third kappa shape index (κ3) is 4.61. The zero-order chi connectivity index (χ0) is 13.9. The van der Waals surface area contributed by atoms with Gasteiger partial charge < -0.3 is 5.32 Å². The van der Waals surface area contributed by atoms with Crippen LogP contribution >= 0.6 is 22.6 Å². The Labute approximate surface area is 128 Å². The van der Waals surface area contributed by atoms with Crippen molar-refractivity contribution in [3.63, 3.8) is 0 Å². The Hall–Kier alpha value is -0.340. The van der Waals surface area contributed by atoms with Crippen LogP contribution in [0.5, 0.6) is 0 Å². The molecule has 2 rings (SSSR count). The van der Waals surface area contributed by atoms with E-state index in [9.17, 15) is 8.42 Å². The monoisotopic (exact) mass is 394 g/mol. The maximum atomic E-state index is 11.5. The van der Waals surface area contributed by atoms with Gasteiger partial charge in [0.15, 0.2) is 0 Å². The maximum Gasteiger partial charge on any atom is 0.211 e. The van der Waals surface area contributed by atoms with Crippen LogP contribution in [0.25, 0.3) is 0 Å². The summed E-state index contributed by atoms with van der Waals surface area (Å²) in [6.07, 6.45) is 3.33. The number of nitrogens with zero attached hydrogens (tertiary/aromatic N) is 1. The van der Waals surface area contributed by atoms with E-state index >= 15 is 0 Å². The summed E-state index contributed by atoms with van der Waals surface area (Å²) < 4.78 is 25.9. The summed E-state index contributed by atoms with van der Waals surface area (Å²) in [6.45, 7) is 2.13. The molecule has 0 aliphatic carbocycles. The second kappa shape index (κ2) is 6.41. The molecule has 0 amide bonds. The molecule has 0 saturated carbocycles. The highest BCUT2D eigenvalue weighted by atomic mass is 127. The largest absolute Gasteiger partial charge is 0.385 e. The van der Waals surface area contributed by atoms with Gasteiger partial charge in [-0.1, -0.05) is 0 Å². The van der Waals surface area contributed by atoms with E-state index in [1.807, 2.05) is 0 Å². The summed E-state index contributed by atoms with van der Waals surface area (Å²) in [6, 6.07) is 8.23. The van der Waals surface area contributed by atoms with Crippen molar-refractivity contribution in [3.05, 3.63) is 27.8 Å².